The van der Waals surface area contributed by atoms with E-state index >= 15 is 0 Å². The molecule has 2 saturated heterocycles. The van der Waals surface area contributed by atoms with Gasteiger partial charge >= 0.3 is 14.0 Å². The minimum Gasteiger partial charge on any atom is -0.507 e. The minimum atomic E-state index is -0.476. The van der Waals surface area contributed by atoms with Crippen LogP contribution in [-0.4, -0.2) is 83.3 Å². The van der Waals surface area contributed by atoms with E-state index in [1.54, 1.807) is 48.1 Å². The first-order valence-electron chi connectivity index (χ1n) is 24.3. The van der Waals surface area contributed by atoms with Crippen LogP contribution in [0.2, 0.25) is 0 Å². The van der Waals surface area contributed by atoms with Crippen LogP contribution in [0.15, 0.2) is 46.9 Å². The fourth-order valence-corrected chi connectivity index (χ4v) is 11.7. The maximum Gasteiger partial charge on any atom is 0.488 e. The van der Waals surface area contributed by atoms with Gasteiger partial charge in [0, 0.05) is 11.4 Å². The highest BCUT2D eigenvalue weighted by Gasteiger charge is 2.63. The van der Waals surface area contributed by atoms with Gasteiger partial charge in [-0.2, -0.15) is 0 Å². The van der Waals surface area contributed by atoms with E-state index in [0.717, 1.165) is 47.6 Å². The van der Waals surface area contributed by atoms with Gasteiger partial charge in [0.2, 0.25) is 5.78 Å². The number of rotatable bonds is 9. The van der Waals surface area contributed by atoms with Crippen LogP contribution in [0.4, 0.5) is 0 Å². The van der Waals surface area contributed by atoms with Gasteiger partial charge in [0.15, 0.2) is 15.8 Å². The molecule has 0 aromatic carbocycles. The van der Waals surface area contributed by atoms with Crippen molar-refractivity contribution in [2.75, 3.05) is 5.33 Å². The molecule has 0 bridgehead atoms. The number of carbonyl (C=O) groups excluding carboxylic acids is 2. The van der Waals surface area contributed by atoms with E-state index in [2.05, 4.69) is 76.7 Å². The number of alkyl halides is 1. The topological polar surface area (TPSA) is 156 Å². The van der Waals surface area contributed by atoms with E-state index in [9.17, 15) is 14.7 Å². The molecule has 450 valence electrons. The predicted octanol–water partition coefficient (Wildman–Crippen LogP) is 20.4. The Bertz CT molecular complexity index is 2640. The summed E-state index contributed by atoms with van der Waals surface area (Å²) in [6.07, 6.45) is 9.87. The molecule has 0 aliphatic carbocycles. The zero-order chi connectivity index (χ0) is 57.4. The molecule has 2 aliphatic rings. The molecule has 80 heavy (non-hydrogen) atoms. The Labute approximate surface area is 522 Å². The maximum absolute atomic E-state index is 11.4. The number of nitrogens with zero attached hydrogens (tertiary/aromatic N) is 5. The molecular weight excluding hydrogens is 1230 g/mol. The van der Waals surface area contributed by atoms with Gasteiger partial charge in [0.25, 0.3) is 0 Å². The molecule has 0 spiro atoms. The van der Waals surface area contributed by atoms with E-state index < -0.39 is 14.0 Å². The Morgan fingerprint density at radius 1 is 0.512 bits per heavy atom. The molecule has 1 N–H and O–H groups in total. The highest BCUT2D eigenvalue weighted by molar-refractivity contribution is 9.15. The van der Waals surface area contributed by atoms with E-state index in [1.165, 1.54) is 60.5 Å². The van der Waals surface area contributed by atoms with Crippen molar-refractivity contribution < 1.29 is 33.3 Å². The lowest BCUT2D eigenvalue weighted by Crippen LogP contribution is -2.41. The summed E-state index contributed by atoms with van der Waals surface area (Å²) >= 11 is 14.3. The highest BCUT2D eigenvalue weighted by atomic mass is 79.9. The second kappa shape index (κ2) is 37.3. The summed E-state index contributed by atoms with van der Waals surface area (Å²) in [5.41, 5.74) is 12.7. The SMILES string of the molecule is C.C.C.C.C.C/C=C(/Br)c1scnc1C.C/C=C(/C)c1sc(C(=O)CBr)nc1C.C/C=C(/C)c1sc(C(C)=O)nc1C.C/C=C(/C)c1scnc1C.C/C=C(/O)c1scnc1C.CC1(C)OB(B2OC(C)(C)C(C)(C)O2)OC1(C)C. The fraction of sp³-hybridized carbons (Fsp3) is 0.542. The molecule has 0 amide bonds. The van der Waals surface area contributed by atoms with E-state index in [-0.39, 0.29) is 71.1 Å². The smallest absolute Gasteiger partial charge is 0.488 e. The molecule has 5 aromatic rings. The van der Waals surface area contributed by atoms with Crippen LogP contribution in [0.1, 0.15) is 227 Å². The number of thiazole rings is 5. The summed E-state index contributed by atoms with van der Waals surface area (Å²) in [7, 11) is -0.952. The number of Topliss-reactive ketones (excluding diaryl/α,β-unsaturated/α-hetero) is 2. The van der Waals surface area contributed by atoms with Gasteiger partial charge in [0.1, 0.15) is 5.76 Å². The van der Waals surface area contributed by atoms with Gasteiger partial charge in [-0.25, -0.2) is 24.9 Å². The average molecular weight is 1330 g/mol. The van der Waals surface area contributed by atoms with Gasteiger partial charge in [0.05, 0.1) is 97.1 Å². The van der Waals surface area contributed by atoms with Crippen molar-refractivity contribution in [2.45, 2.75) is 212 Å². The van der Waals surface area contributed by atoms with E-state index in [1.807, 2.05) is 154 Å². The second-order valence-electron chi connectivity index (χ2n) is 19.3. The lowest BCUT2D eigenvalue weighted by molar-refractivity contribution is 0.00578. The number of aliphatic hydroxyl groups excluding tert-OH is 1. The van der Waals surface area contributed by atoms with Crippen molar-refractivity contribution in [1.29, 1.82) is 0 Å². The quantitative estimate of drug-likeness (QED) is 0.0646. The third-order valence-corrected chi connectivity index (χ3v) is 19.9. The van der Waals surface area contributed by atoms with Crippen LogP contribution in [0.25, 0.3) is 27.0 Å². The average Bonchev–Trinajstić information content (AvgIpc) is 4.25. The standard InChI is InChI=1S/C12H24B2O4.C10H12BrNOS.C10H13NOS.C8H11NS.C7H8BrNS.C7H9NOS.5CH4/c1-9(2)10(3,4)16-13(15-9)14-17-11(5,6)12(7,8)18-14;1-4-6(2)9-7(3)12-10(14-9)8(13)5-11;1-5-6(2)9-7(3)11-10(13-9)8(4)12;1-4-6(2)8-7(3)9-5-10-8;1-3-6(8)7-5(2)9-4-10-7;1-3-6(9)7-5(2)8-4-10-7;;;;;/h1-8H3;4H,5H2,1-3H3;5H,1-4H3;4-5H,1-3H3;3-4H,1-2H3;3-4,9H,1-2H3;5*1H4/b;6-4-;6-5-;6-4-;2*6-3+;;;;;. The van der Waals surface area contributed by atoms with Crippen molar-refractivity contribution >= 4 is 141 Å². The molecule has 12 nitrogen and oxygen atoms in total. The van der Waals surface area contributed by atoms with Crippen LogP contribution in [-0.2, 0) is 18.6 Å². The number of halogens is 2. The van der Waals surface area contributed by atoms with E-state index in [0.29, 0.717) is 21.1 Å². The summed E-state index contributed by atoms with van der Waals surface area (Å²) in [5, 5.41) is 10.8. The Balaban J connectivity index is -0.000000434. The van der Waals surface area contributed by atoms with Crippen molar-refractivity contribution in [1.82, 2.24) is 24.9 Å². The predicted molar refractivity (Wildman–Crippen MR) is 365 cm³/mol. The first-order valence-corrected chi connectivity index (χ1v) is 30.5. The Kier molecular flexibility index (Phi) is 38.9. The summed E-state index contributed by atoms with van der Waals surface area (Å²) in [6.45, 7) is 43.6. The number of allylic oxidation sites excluding steroid dienone is 8. The summed E-state index contributed by atoms with van der Waals surface area (Å²) in [4.78, 5) is 48.8. The lowest BCUT2D eigenvalue weighted by atomic mass is 9.49. The molecular formula is C59H97B2Br2N5O7S5. The van der Waals surface area contributed by atoms with Crippen molar-refractivity contribution in [2.24, 2.45) is 0 Å². The molecule has 2 fully saturated rings. The zero-order valence-corrected chi connectivity index (χ0v) is 55.2. The zero-order valence-electron chi connectivity index (χ0n) is 47.9. The normalized spacial score (nSPS) is 15.7. The first kappa shape index (κ1) is 83.4. The molecule has 0 unspecified atom stereocenters. The number of carbonyl (C=O) groups is 2. The molecule has 5 aromatic heterocycles. The van der Waals surface area contributed by atoms with Gasteiger partial charge in [-0.05, 0) is 184 Å². The van der Waals surface area contributed by atoms with Gasteiger partial charge in [-0.15, -0.1) is 56.7 Å². The number of aliphatic hydroxyl groups is 1. The molecule has 7 heterocycles. The Hall–Kier alpha value is -3.08. The number of ketones is 2. The van der Waals surface area contributed by atoms with Crippen LogP contribution in [0, 0.1) is 34.6 Å². The molecule has 0 saturated carbocycles. The van der Waals surface area contributed by atoms with Crippen LogP contribution < -0.4 is 0 Å². The van der Waals surface area contributed by atoms with Crippen LogP contribution in [0.5, 0.6) is 0 Å². The largest absolute Gasteiger partial charge is 0.507 e. The minimum absolute atomic E-state index is 0. The van der Waals surface area contributed by atoms with E-state index in [4.69, 9.17) is 18.6 Å². The van der Waals surface area contributed by atoms with Crippen molar-refractivity contribution in [3.8, 4) is 0 Å². The number of aromatic nitrogens is 5. The van der Waals surface area contributed by atoms with Gasteiger partial charge < -0.3 is 23.7 Å². The lowest BCUT2D eigenvalue weighted by Gasteiger charge is -2.32. The van der Waals surface area contributed by atoms with Gasteiger partial charge in [-0.3, -0.25) is 9.59 Å². The third-order valence-electron chi connectivity index (χ3n) is 12.6. The second-order valence-corrected chi connectivity index (χ2v) is 25.2. The van der Waals surface area contributed by atoms with Crippen LogP contribution in [0.3, 0.4) is 0 Å². The van der Waals surface area contributed by atoms with Crippen molar-refractivity contribution in [3.63, 3.8) is 0 Å². The molecule has 0 atom stereocenters. The maximum atomic E-state index is 11.4. The monoisotopic (exact) mass is 1330 g/mol. The molecule has 2 aliphatic heterocycles. The fourth-order valence-electron chi connectivity index (χ4n) is 6.27. The molecule has 0 radical (unpaired) electrons. The number of hydrogen-bond donors (Lipinski definition) is 1. The Morgan fingerprint density at radius 2 is 0.825 bits per heavy atom. The highest BCUT2D eigenvalue weighted by Crippen LogP contribution is 2.43. The number of hydrogen-bond acceptors (Lipinski definition) is 17. The number of aryl methyl sites for hydroxylation is 5. The van der Waals surface area contributed by atoms with Gasteiger partial charge in [-0.1, -0.05) is 77.4 Å². The third kappa shape index (κ3) is 23.2. The molecule has 21 heteroatoms. The summed E-state index contributed by atoms with van der Waals surface area (Å²) in [5.74, 6) is 0.413. The summed E-state index contributed by atoms with van der Waals surface area (Å²) < 4.78 is 25.0. The Morgan fingerprint density at radius 3 is 1.10 bits per heavy atom. The van der Waals surface area contributed by atoms with Crippen molar-refractivity contribution in [3.05, 3.63) is 110 Å². The summed E-state index contributed by atoms with van der Waals surface area (Å²) in [6, 6.07) is 0. The van der Waals surface area contributed by atoms with Crippen LogP contribution >= 0.6 is 88.5 Å². The molecule has 7 rings (SSSR count). The first-order chi connectivity index (χ1) is 34.8.